The molecule has 23 heavy (non-hydrogen) atoms. The first kappa shape index (κ1) is 15.6. The highest BCUT2D eigenvalue weighted by molar-refractivity contribution is 5.97. The summed E-state index contributed by atoms with van der Waals surface area (Å²) in [6.07, 6.45) is 0.509. The maximum Gasteiger partial charge on any atom is 0.253 e. The molecule has 1 aromatic heterocycles. The van der Waals surface area contributed by atoms with Crippen LogP contribution in [0.2, 0.25) is 0 Å². The molecule has 1 aliphatic heterocycles. The number of hydrogen-bond donors (Lipinski definition) is 1. The Kier molecular flexibility index (Phi) is 4.38. The number of benzene rings is 1. The number of nitrogens with zero attached hydrogens (tertiary/aromatic N) is 4. The molecule has 1 N–H and O–H groups in total. The molecule has 122 valence electrons. The Labute approximate surface area is 135 Å². The van der Waals surface area contributed by atoms with E-state index in [9.17, 15) is 4.79 Å². The van der Waals surface area contributed by atoms with Gasteiger partial charge in [-0.3, -0.25) is 4.79 Å². The van der Waals surface area contributed by atoms with Gasteiger partial charge in [0.2, 0.25) is 0 Å². The molecule has 3 rings (SSSR count). The van der Waals surface area contributed by atoms with Crippen molar-refractivity contribution in [2.75, 3.05) is 11.9 Å². The molecule has 0 radical (unpaired) electrons. The molecule has 2 aromatic rings. The maximum absolute atomic E-state index is 12.5. The van der Waals surface area contributed by atoms with Crippen LogP contribution in [-0.4, -0.2) is 38.8 Å². The molecular formula is C16H21N5O2. The van der Waals surface area contributed by atoms with Gasteiger partial charge in [-0.05, 0) is 48.7 Å². The molecule has 7 heteroatoms. The lowest BCUT2D eigenvalue weighted by Gasteiger charge is -2.17. The van der Waals surface area contributed by atoms with E-state index in [1.807, 2.05) is 45.0 Å². The predicted octanol–water partition coefficient (Wildman–Crippen LogP) is 2.28. The van der Waals surface area contributed by atoms with Crippen molar-refractivity contribution in [2.45, 2.75) is 39.3 Å². The zero-order valence-electron chi connectivity index (χ0n) is 13.6. The van der Waals surface area contributed by atoms with Crippen LogP contribution in [0.4, 0.5) is 5.69 Å². The summed E-state index contributed by atoms with van der Waals surface area (Å²) < 4.78 is 7.27. The van der Waals surface area contributed by atoms with E-state index in [4.69, 9.17) is 4.74 Å². The van der Waals surface area contributed by atoms with Crippen LogP contribution in [0, 0.1) is 5.92 Å². The number of carbonyl (C=O) groups excluding carboxylic acids is 1. The van der Waals surface area contributed by atoms with Crippen molar-refractivity contribution in [1.29, 1.82) is 0 Å². The van der Waals surface area contributed by atoms with E-state index in [2.05, 4.69) is 20.8 Å². The Bertz CT molecular complexity index is 697. The van der Waals surface area contributed by atoms with Crippen LogP contribution in [0.3, 0.4) is 0 Å². The molecule has 0 unspecified atom stereocenters. The number of aromatic nitrogens is 4. The Morgan fingerprint density at radius 1 is 1.39 bits per heavy atom. The minimum Gasteiger partial charge on any atom is -0.368 e. The Morgan fingerprint density at radius 3 is 2.87 bits per heavy atom. The first-order chi connectivity index (χ1) is 11.1. The first-order valence-corrected chi connectivity index (χ1v) is 7.87. The summed E-state index contributed by atoms with van der Waals surface area (Å²) in [4.78, 5) is 12.5. The smallest absolute Gasteiger partial charge is 0.253 e. The number of ether oxygens (including phenoxy) is 1. The second-order valence-electron chi connectivity index (χ2n) is 6.13. The highest BCUT2D eigenvalue weighted by Gasteiger charge is 2.31. The SMILES string of the molecule is CC(C)n1nnnc1-c1ccccc1NC(=O)[C@H]1OCC[C@H]1C. The van der Waals surface area contributed by atoms with Crippen LogP contribution in [0.25, 0.3) is 11.4 Å². The monoisotopic (exact) mass is 315 g/mol. The maximum atomic E-state index is 12.5. The van der Waals surface area contributed by atoms with Gasteiger partial charge in [-0.25, -0.2) is 4.68 Å². The fraction of sp³-hybridized carbons (Fsp3) is 0.500. The van der Waals surface area contributed by atoms with E-state index in [-0.39, 0.29) is 17.9 Å². The summed E-state index contributed by atoms with van der Waals surface area (Å²) in [5, 5.41) is 14.8. The van der Waals surface area contributed by atoms with Crippen LogP contribution in [0.15, 0.2) is 24.3 Å². The molecule has 1 saturated heterocycles. The van der Waals surface area contributed by atoms with Gasteiger partial charge in [0.1, 0.15) is 6.10 Å². The lowest BCUT2D eigenvalue weighted by molar-refractivity contribution is -0.126. The average Bonchev–Trinajstić information content (AvgIpc) is 3.16. The van der Waals surface area contributed by atoms with Crippen LogP contribution in [0.5, 0.6) is 0 Å². The van der Waals surface area contributed by atoms with Gasteiger partial charge >= 0.3 is 0 Å². The topological polar surface area (TPSA) is 81.9 Å². The molecular weight excluding hydrogens is 294 g/mol. The fourth-order valence-corrected chi connectivity index (χ4v) is 2.74. The van der Waals surface area contributed by atoms with Gasteiger partial charge in [0, 0.05) is 12.2 Å². The van der Waals surface area contributed by atoms with E-state index in [0.29, 0.717) is 18.1 Å². The van der Waals surface area contributed by atoms with Crippen molar-refractivity contribution in [3.05, 3.63) is 24.3 Å². The average molecular weight is 315 g/mol. The summed E-state index contributed by atoms with van der Waals surface area (Å²) >= 11 is 0. The van der Waals surface area contributed by atoms with Gasteiger partial charge in [-0.1, -0.05) is 19.1 Å². The van der Waals surface area contributed by atoms with E-state index in [1.54, 1.807) is 4.68 Å². The molecule has 1 aliphatic rings. The molecule has 2 atom stereocenters. The van der Waals surface area contributed by atoms with Gasteiger partial charge in [0.05, 0.1) is 11.7 Å². The molecule has 1 amide bonds. The van der Waals surface area contributed by atoms with Gasteiger partial charge < -0.3 is 10.1 Å². The first-order valence-electron chi connectivity index (χ1n) is 7.87. The second kappa shape index (κ2) is 6.45. The van der Waals surface area contributed by atoms with Gasteiger partial charge in [0.15, 0.2) is 5.82 Å². The molecule has 7 nitrogen and oxygen atoms in total. The van der Waals surface area contributed by atoms with Crippen molar-refractivity contribution in [2.24, 2.45) is 5.92 Å². The standard InChI is InChI=1S/C16H21N5O2/c1-10(2)21-15(18-19-20-21)12-6-4-5-7-13(12)17-16(22)14-11(3)8-9-23-14/h4-7,10-11,14H,8-9H2,1-3H3,(H,17,22)/t11-,14+/m1/s1. The zero-order valence-corrected chi connectivity index (χ0v) is 13.6. The second-order valence-corrected chi connectivity index (χ2v) is 6.13. The van der Waals surface area contributed by atoms with E-state index >= 15 is 0 Å². The number of carbonyl (C=O) groups is 1. The number of tetrazole rings is 1. The number of amides is 1. The summed E-state index contributed by atoms with van der Waals surface area (Å²) in [6.45, 7) is 6.68. The molecule has 2 heterocycles. The number of hydrogen-bond acceptors (Lipinski definition) is 5. The van der Waals surface area contributed by atoms with E-state index in [1.165, 1.54) is 0 Å². The Morgan fingerprint density at radius 2 is 2.17 bits per heavy atom. The highest BCUT2D eigenvalue weighted by Crippen LogP contribution is 2.28. The number of nitrogens with one attached hydrogen (secondary N) is 1. The lowest BCUT2D eigenvalue weighted by atomic mass is 10.0. The van der Waals surface area contributed by atoms with Crippen molar-refractivity contribution >= 4 is 11.6 Å². The predicted molar refractivity (Wildman–Crippen MR) is 85.8 cm³/mol. The third-order valence-electron chi connectivity index (χ3n) is 4.05. The molecule has 0 bridgehead atoms. The van der Waals surface area contributed by atoms with Gasteiger partial charge in [-0.2, -0.15) is 0 Å². The number of rotatable bonds is 4. The zero-order chi connectivity index (χ0) is 16.4. The van der Waals surface area contributed by atoms with Crippen molar-refractivity contribution in [3.63, 3.8) is 0 Å². The van der Waals surface area contributed by atoms with Crippen molar-refractivity contribution in [3.8, 4) is 11.4 Å². The minimum absolute atomic E-state index is 0.119. The summed E-state index contributed by atoms with van der Waals surface area (Å²) in [7, 11) is 0. The quantitative estimate of drug-likeness (QED) is 0.936. The van der Waals surface area contributed by atoms with Crippen molar-refractivity contribution < 1.29 is 9.53 Å². The normalized spacial score (nSPS) is 20.9. The lowest BCUT2D eigenvalue weighted by Crippen LogP contribution is -2.31. The van der Waals surface area contributed by atoms with Crippen LogP contribution in [-0.2, 0) is 9.53 Å². The van der Waals surface area contributed by atoms with E-state index < -0.39 is 6.10 Å². The molecule has 1 aromatic carbocycles. The van der Waals surface area contributed by atoms with Crippen LogP contribution in [0.1, 0.15) is 33.2 Å². The van der Waals surface area contributed by atoms with Crippen molar-refractivity contribution in [1.82, 2.24) is 20.2 Å². The van der Waals surface area contributed by atoms with Crippen LogP contribution >= 0.6 is 0 Å². The van der Waals surface area contributed by atoms with Gasteiger partial charge in [-0.15, -0.1) is 5.10 Å². The summed E-state index contributed by atoms with van der Waals surface area (Å²) in [6, 6.07) is 7.66. The minimum atomic E-state index is -0.399. The summed E-state index contributed by atoms with van der Waals surface area (Å²) in [5.41, 5.74) is 1.49. The molecule has 0 spiro atoms. The Balaban J connectivity index is 1.89. The Hall–Kier alpha value is -2.28. The van der Waals surface area contributed by atoms with Crippen LogP contribution < -0.4 is 5.32 Å². The summed E-state index contributed by atoms with van der Waals surface area (Å²) in [5.74, 6) is 0.741. The third-order valence-corrected chi connectivity index (χ3v) is 4.05. The molecule has 0 aliphatic carbocycles. The van der Waals surface area contributed by atoms with E-state index in [0.717, 1.165) is 12.0 Å². The largest absolute Gasteiger partial charge is 0.368 e. The number of para-hydroxylation sites is 1. The van der Waals surface area contributed by atoms with Gasteiger partial charge in [0.25, 0.3) is 5.91 Å². The molecule has 1 fully saturated rings. The highest BCUT2D eigenvalue weighted by atomic mass is 16.5. The number of anilines is 1. The third kappa shape index (κ3) is 3.10. The fourth-order valence-electron chi connectivity index (χ4n) is 2.74. The molecule has 0 saturated carbocycles.